The largest absolute Gasteiger partial charge is 0.337 e. The average Bonchev–Trinajstić information content (AvgIpc) is 3.08. The standard InChI is InChI=1S/C12H17N3O/c1-15(2)11(16)14-9-12(5-6-12)10-4-3-7-13-8-10/h3-4,7-8H,5-6,9H2,1-2H3,(H,14,16). The van der Waals surface area contributed by atoms with Gasteiger partial charge in [-0.2, -0.15) is 0 Å². The van der Waals surface area contributed by atoms with Crippen molar-refractivity contribution in [3.05, 3.63) is 30.1 Å². The smallest absolute Gasteiger partial charge is 0.316 e. The van der Waals surface area contributed by atoms with Gasteiger partial charge in [0.25, 0.3) is 0 Å². The van der Waals surface area contributed by atoms with E-state index in [9.17, 15) is 4.79 Å². The third kappa shape index (κ3) is 2.15. The van der Waals surface area contributed by atoms with Gasteiger partial charge in [0.15, 0.2) is 0 Å². The molecule has 0 radical (unpaired) electrons. The molecule has 16 heavy (non-hydrogen) atoms. The maximum atomic E-state index is 11.4. The van der Waals surface area contributed by atoms with E-state index in [2.05, 4.69) is 16.4 Å². The van der Waals surface area contributed by atoms with Crippen LogP contribution in [-0.4, -0.2) is 36.6 Å². The van der Waals surface area contributed by atoms with Crippen LogP contribution in [0.25, 0.3) is 0 Å². The summed E-state index contributed by atoms with van der Waals surface area (Å²) < 4.78 is 0. The molecule has 1 aliphatic carbocycles. The number of carbonyl (C=O) groups is 1. The lowest BCUT2D eigenvalue weighted by molar-refractivity contribution is 0.216. The van der Waals surface area contributed by atoms with Crippen LogP contribution in [0.5, 0.6) is 0 Å². The normalized spacial score (nSPS) is 16.6. The molecule has 0 saturated heterocycles. The summed E-state index contributed by atoms with van der Waals surface area (Å²) in [6, 6.07) is 4.00. The molecule has 1 N–H and O–H groups in total. The van der Waals surface area contributed by atoms with E-state index in [0.717, 1.165) is 12.8 Å². The van der Waals surface area contributed by atoms with Gasteiger partial charge in [-0.05, 0) is 24.5 Å². The van der Waals surface area contributed by atoms with Gasteiger partial charge >= 0.3 is 6.03 Å². The fraction of sp³-hybridized carbons (Fsp3) is 0.500. The van der Waals surface area contributed by atoms with Crippen molar-refractivity contribution in [2.24, 2.45) is 0 Å². The van der Waals surface area contributed by atoms with E-state index >= 15 is 0 Å². The van der Waals surface area contributed by atoms with E-state index in [4.69, 9.17) is 0 Å². The van der Waals surface area contributed by atoms with Gasteiger partial charge in [-0.25, -0.2) is 4.79 Å². The Morgan fingerprint density at radius 3 is 2.81 bits per heavy atom. The summed E-state index contributed by atoms with van der Waals surface area (Å²) in [5.41, 5.74) is 1.37. The van der Waals surface area contributed by atoms with Crippen LogP contribution < -0.4 is 5.32 Å². The number of urea groups is 1. The number of amides is 2. The molecule has 0 aromatic carbocycles. The van der Waals surface area contributed by atoms with Crippen LogP contribution >= 0.6 is 0 Å². The topological polar surface area (TPSA) is 45.2 Å². The first-order valence-electron chi connectivity index (χ1n) is 5.50. The monoisotopic (exact) mass is 219 g/mol. The molecule has 86 valence electrons. The van der Waals surface area contributed by atoms with Crippen molar-refractivity contribution in [2.75, 3.05) is 20.6 Å². The molecule has 0 spiro atoms. The van der Waals surface area contributed by atoms with Crippen molar-refractivity contribution in [1.29, 1.82) is 0 Å². The quantitative estimate of drug-likeness (QED) is 0.834. The van der Waals surface area contributed by atoms with Crippen molar-refractivity contribution in [3.63, 3.8) is 0 Å². The highest BCUT2D eigenvalue weighted by atomic mass is 16.2. The van der Waals surface area contributed by atoms with E-state index in [0.29, 0.717) is 6.54 Å². The van der Waals surface area contributed by atoms with Crippen LogP contribution in [0.2, 0.25) is 0 Å². The summed E-state index contributed by atoms with van der Waals surface area (Å²) in [5, 5.41) is 2.94. The fourth-order valence-corrected chi connectivity index (χ4v) is 1.80. The van der Waals surface area contributed by atoms with E-state index in [1.165, 1.54) is 5.56 Å². The highest BCUT2D eigenvalue weighted by molar-refractivity contribution is 5.73. The number of aromatic nitrogens is 1. The lowest BCUT2D eigenvalue weighted by Crippen LogP contribution is -2.39. The van der Waals surface area contributed by atoms with Crippen molar-refractivity contribution in [3.8, 4) is 0 Å². The second-order valence-electron chi connectivity index (χ2n) is 4.58. The Morgan fingerprint density at radius 2 is 2.31 bits per heavy atom. The van der Waals surface area contributed by atoms with Gasteiger partial charge in [0.05, 0.1) is 0 Å². The zero-order chi connectivity index (χ0) is 11.6. The Hall–Kier alpha value is -1.58. The lowest BCUT2D eigenvalue weighted by atomic mass is 9.98. The van der Waals surface area contributed by atoms with Crippen LogP contribution in [-0.2, 0) is 5.41 Å². The second kappa shape index (κ2) is 4.12. The number of carbonyl (C=O) groups excluding carboxylic acids is 1. The molecular formula is C12H17N3O. The number of pyridine rings is 1. The van der Waals surface area contributed by atoms with Gasteiger partial charge in [0.2, 0.25) is 0 Å². The molecule has 0 atom stereocenters. The maximum Gasteiger partial charge on any atom is 0.316 e. The summed E-state index contributed by atoms with van der Waals surface area (Å²) in [4.78, 5) is 17.1. The summed E-state index contributed by atoms with van der Waals surface area (Å²) in [6.45, 7) is 0.704. The molecule has 1 heterocycles. The third-order valence-electron chi connectivity index (χ3n) is 3.11. The van der Waals surface area contributed by atoms with E-state index in [1.807, 2.05) is 12.3 Å². The molecule has 4 heteroatoms. The average molecular weight is 219 g/mol. The Bertz CT molecular complexity index is 371. The Labute approximate surface area is 95.7 Å². The third-order valence-corrected chi connectivity index (χ3v) is 3.11. The lowest BCUT2D eigenvalue weighted by Gasteiger charge is -2.18. The molecule has 1 fully saturated rings. The zero-order valence-electron chi connectivity index (χ0n) is 9.73. The molecule has 0 unspecified atom stereocenters. The van der Waals surface area contributed by atoms with Gasteiger partial charge < -0.3 is 10.2 Å². The van der Waals surface area contributed by atoms with Gasteiger partial charge in [-0.15, -0.1) is 0 Å². The SMILES string of the molecule is CN(C)C(=O)NCC1(c2cccnc2)CC1. The van der Waals surface area contributed by atoms with Crippen LogP contribution in [0.3, 0.4) is 0 Å². The minimum atomic E-state index is -0.0323. The van der Waals surface area contributed by atoms with E-state index < -0.39 is 0 Å². The first-order chi connectivity index (χ1) is 7.64. The maximum absolute atomic E-state index is 11.4. The number of nitrogens with zero attached hydrogens (tertiary/aromatic N) is 2. The van der Waals surface area contributed by atoms with Crippen LogP contribution in [0.4, 0.5) is 4.79 Å². The van der Waals surface area contributed by atoms with Gasteiger partial charge in [0, 0.05) is 38.4 Å². The Balaban J connectivity index is 1.97. The van der Waals surface area contributed by atoms with Crippen molar-refractivity contribution in [2.45, 2.75) is 18.3 Å². The number of rotatable bonds is 3. The second-order valence-corrected chi connectivity index (χ2v) is 4.58. The highest BCUT2D eigenvalue weighted by Crippen LogP contribution is 2.47. The predicted molar refractivity (Wildman–Crippen MR) is 62.2 cm³/mol. The van der Waals surface area contributed by atoms with Crippen LogP contribution in [0.1, 0.15) is 18.4 Å². The highest BCUT2D eigenvalue weighted by Gasteiger charge is 2.44. The zero-order valence-corrected chi connectivity index (χ0v) is 9.73. The first kappa shape index (κ1) is 10.9. The molecule has 0 bridgehead atoms. The van der Waals surface area contributed by atoms with Crippen LogP contribution in [0.15, 0.2) is 24.5 Å². The van der Waals surface area contributed by atoms with Crippen molar-refractivity contribution in [1.82, 2.24) is 15.2 Å². The Kier molecular flexibility index (Phi) is 2.81. The van der Waals surface area contributed by atoms with Gasteiger partial charge in [-0.1, -0.05) is 6.07 Å². The molecule has 1 aliphatic rings. The van der Waals surface area contributed by atoms with Gasteiger partial charge in [0.1, 0.15) is 0 Å². The first-order valence-corrected chi connectivity index (χ1v) is 5.50. The predicted octanol–water partition coefficient (Wildman–Crippen LogP) is 1.38. The minimum absolute atomic E-state index is 0.0323. The van der Waals surface area contributed by atoms with E-state index in [-0.39, 0.29) is 11.4 Å². The minimum Gasteiger partial charge on any atom is -0.337 e. The number of hydrogen-bond donors (Lipinski definition) is 1. The molecule has 0 aliphatic heterocycles. The molecule has 1 saturated carbocycles. The molecule has 1 aromatic rings. The number of hydrogen-bond acceptors (Lipinski definition) is 2. The van der Waals surface area contributed by atoms with Crippen molar-refractivity contribution < 1.29 is 4.79 Å². The van der Waals surface area contributed by atoms with Gasteiger partial charge in [-0.3, -0.25) is 4.98 Å². The molecule has 2 rings (SSSR count). The summed E-state index contributed by atoms with van der Waals surface area (Å²) in [7, 11) is 3.50. The summed E-state index contributed by atoms with van der Waals surface area (Å²) in [5.74, 6) is 0. The molecule has 1 aromatic heterocycles. The molecular weight excluding hydrogens is 202 g/mol. The van der Waals surface area contributed by atoms with E-state index in [1.54, 1.807) is 25.2 Å². The molecule has 2 amide bonds. The molecule has 4 nitrogen and oxygen atoms in total. The van der Waals surface area contributed by atoms with Crippen molar-refractivity contribution >= 4 is 6.03 Å². The number of nitrogens with one attached hydrogen (secondary N) is 1. The summed E-state index contributed by atoms with van der Waals surface area (Å²) in [6.07, 6.45) is 5.94. The fourth-order valence-electron chi connectivity index (χ4n) is 1.80. The summed E-state index contributed by atoms with van der Waals surface area (Å²) >= 11 is 0. The van der Waals surface area contributed by atoms with Crippen LogP contribution in [0, 0.1) is 0 Å². The Morgan fingerprint density at radius 1 is 1.56 bits per heavy atom.